The van der Waals surface area contributed by atoms with Crippen LogP contribution in [0.1, 0.15) is 5.56 Å². The maximum Gasteiger partial charge on any atom is 0.144 e. The molecule has 2 aromatic carbocycles. The van der Waals surface area contributed by atoms with Crippen LogP contribution >= 0.6 is 0 Å². The highest BCUT2D eigenvalue weighted by atomic mass is 15.1. The Bertz CT molecular complexity index is 671. The summed E-state index contributed by atoms with van der Waals surface area (Å²) in [6.07, 6.45) is 3.78. The van der Waals surface area contributed by atoms with Gasteiger partial charge in [0.1, 0.15) is 5.82 Å². The number of nitrogens with two attached hydrogens (primary N) is 1. The number of nitrogens with zero attached hydrogens (tertiary/aromatic N) is 2. The molecule has 0 unspecified atom stereocenters. The maximum atomic E-state index is 5.81. The van der Waals surface area contributed by atoms with Gasteiger partial charge in [-0.1, -0.05) is 48.5 Å². The number of hydrogen-bond donors (Lipinski definition) is 1. The van der Waals surface area contributed by atoms with Crippen LogP contribution in [0.4, 0.5) is 0 Å². The summed E-state index contributed by atoms with van der Waals surface area (Å²) in [5, 5.41) is 0. The Kier molecular flexibility index (Phi) is 3.12. The topological polar surface area (TPSA) is 43.8 Å². The molecule has 0 atom stereocenters. The molecule has 0 amide bonds. The summed E-state index contributed by atoms with van der Waals surface area (Å²) in [6, 6.07) is 18.3. The summed E-state index contributed by atoms with van der Waals surface area (Å²) in [4.78, 5) is 4.46. The van der Waals surface area contributed by atoms with Crippen molar-refractivity contribution >= 4 is 0 Å². The van der Waals surface area contributed by atoms with Crippen LogP contribution < -0.4 is 5.73 Å². The summed E-state index contributed by atoms with van der Waals surface area (Å²) >= 11 is 0. The van der Waals surface area contributed by atoms with Gasteiger partial charge >= 0.3 is 0 Å². The van der Waals surface area contributed by atoms with Crippen molar-refractivity contribution in [1.29, 1.82) is 0 Å². The van der Waals surface area contributed by atoms with Crippen LogP contribution in [-0.2, 0) is 6.54 Å². The first-order valence-electron chi connectivity index (χ1n) is 6.27. The number of aromatic nitrogens is 2. The van der Waals surface area contributed by atoms with E-state index in [0.29, 0.717) is 6.54 Å². The lowest BCUT2D eigenvalue weighted by Gasteiger charge is -2.11. The third-order valence-corrected chi connectivity index (χ3v) is 3.14. The summed E-state index contributed by atoms with van der Waals surface area (Å²) in [7, 11) is 0. The lowest BCUT2D eigenvalue weighted by atomic mass is 10.1. The Morgan fingerprint density at radius 1 is 0.947 bits per heavy atom. The highest BCUT2D eigenvalue weighted by Gasteiger charge is 2.09. The molecule has 3 nitrogen and oxygen atoms in total. The third kappa shape index (κ3) is 2.16. The van der Waals surface area contributed by atoms with E-state index >= 15 is 0 Å². The molecule has 0 radical (unpaired) electrons. The fourth-order valence-corrected chi connectivity index (χ4v) is 2.22. The first-order valence-corrected chi connectivity index (χ1v) is 6.27. The van der Waals surface area contributed by atoms with Gasteiger partial charge in [-0.05, 0) is 11.6 Å². The molecule has 1 aromatic heterocycles. The number of para-hydroxylation sites is 1. The van der Waals surface area contributed by atoms with Crippen molar-refractivity contribution in [2.75, 3.05) is 0 Å². The maximum absolute atomic E-state index is 5.81. The van der Waals surface area contributed by atoms with E-state index in [4.69, 9.17) is 5.73 Å². The van der Waals surface area contributed by atoms with Gasteiger partial charge in [-0.15, -0.1) is 0 Å². The largest absolute Gasteiger partial charge is 0.326 e. The zero-order chi connectivity index (χ0) is 13.1. The van der Waals surface area contributed by atoms with E-state index in [9.17, 15) is 0 Å². The highest BCUT2D eigenvalue weighted by Crippen LogP contribution is 2.23. The first-order chi connectivity index (χ1) is 9.40. The minimum Gasteiger partial charge on any atom is -0.326 e. The minimum absolute atomic E-state index is 0.516. The predicted octanol–water partition coefficient (Wildman–Crippen LogP) is 3.00. The van der Waals surface area contributed by atoms with E-state index in [1.165, 1.54) is 0 Å². The molecular weight excluding hydrogens is 234 g/mol. The molecule has 3 rings (SSSR count). The van der Waals surface area contributed by atoms with E-state index in [2.05, 4.69) is 27.8 Å². The summed E-state index contributed by atoms with van der Waals surface area (Å²) in [6.45, 7) is 0.516. The summed E-state index contributed by atoms with van der Waals surface area (Å²) < 4.78 is 2.08. The average Bonchev–Trinajstić information content (AvgIpc) is 2.97. The number of hydrogen-bond acceptors (Lipinski definition) is 2. The van der Waals surface area contributed by atoms with Crippen molar-refractivity contribution in [3.05, 3.63) is 72.6 Å². The molecule has 3 aromatic rings. The molecule has 0 saturated heterocycles. The Balaban J connectivity index is 2.15. The van der Waals surface area contributed by atoms with Crippen LogP contribution in [0.3, 0.4) is 0 Å². The molecule has 0 aliphatic rings. The monoisotopic (exact) mass is 249 g/mol. The molecule has 94 valence electrons. The molecule has 0 spiro atoms. The third-order valence-electron chi connectivity index (χ3n) is 3.14. The zero-order valence-corrected chi connectivity index (χ0v) is 10.5. The summed E-state index contributed by atoms with van der Waals surface area (Å²) in [5.41, 5.74) is 9.10. The molecule has 0 bridgehead atoms. The molecule has 0 aliphatic carbocycles. The molecule has 19 heavy (non-hydrogen) atoms. The molecule has 0 saturated carbocycles. The van der Waals surface area contributed by atoms with Gasteiger partial charge in [0.05, 0.1) is 5.69 Å². The second-order valence-electron chi connectivity index (χ2n) is 4.32. The minimum atomic E-state index is 0.516. The fourth-order valence-electron chi connectivity index (χ4n) is 2.22. The predicted molar refractivity (Wildman–Crippen MR) is 76.9 cm³/mol. The van der Waals surface area contributed by atoms with Crippen molar-refractivity contribution in [3.8, 4) is 17.1 Å². The summed E-state index contributed by atoms with van der Waals surface area (Å²) in [5.74, 6) is 0.932. The van der Waals surface area contributed by atoms with Crippen molar-refractivity contribution in [1.82, 2.24) is 9.55 Å². The van der Waals surface area contributed by atoms with Gasteiger partial charge in [-0.25, -0.2) is 4.98 Å². The van der Waals surface area contributed by atoms with Crippen LogP contribution in [0, 0.1) is 0 Å². The number of imidazole rings is 1. The van der Waals surface area contributed by atoms with Crippen LogP contribution in [0.15, 0.2) is 67.0 Å². The van der Waals surface area contributed by atoms with E-state index in [1.54, 1.807) is 0 Å². The van der Waals surface area contributed by atoms with E-state index in [0.717, 1.165) is 22.6 Å². The molecule has 3 heteroatoms. The van der Waals surface area contributed by atoms with Crippen LogP contribution in [0.2, 0.25) is 0 Å². The standard InChI is InChI=1S/C16H15N3/c17-12-14-8-4-5-9-15(14)19-11-10-18-16(19)13-6-2-1-3-7-13/h1-11H,12,17H2. The van der Waals surface area contributed by atoms with Gasteiger partial charge in [0.15, 0.2) is 0 Å². The molecule has 1 heterocycles. The van der Waals surface area contributed by atoms with Gasteiger partial charge < -0.3 is 5.73 Å². The van der Waals surface area contributed by atoms with E-state index in [1.807, 2.05) is 48.8 Å². The molecule has 0 fully saturated rings. The van der Waals surface area contributed by atoms with Crippen LogP contribution in [0.25, 0.3) is 17.1 Å². The zero-order valence-electron chi connectivity index (χ0n) is 10.5. The Morgan fingerprint density at radius 3 is 2.47 bits per heavy atom. The second-order valence-corrected chi connectivity index (χ2v) is 4.32. The first kappa shape index (κ1) is 11.7. The van der Waals surface area contributed by atoms with Gasteiger partial charge in [0.2, 0.25) is 0 Å². The fraction of sp³-hybridized carbons (Fsp3) is 0.0625. The van der Waals surface area contributed by atoms with Crippen molar-refractivity contribution in [2.24, 2.45) is 5.73 Å². The lowest BCUT2D eigenvalue weighted by molar-refractivity contribution is 0.989. The van der Waals surface area contributed by atoms with Gasteiger partial charge in [-0.2, -0.15) is 0 Å². The van der Waals surface area contributed by atoms with Crippen molar-refractivity contribution in [3.63, 3.8) is 0 Å². The highest BCUT2D eigenvalue weighted by molar-refractivity contribution is 5.59. The van der Waals surface area contributed by atoms with Gasteiger partial charge in [0.25, 0.3) is 0 Å². The van der Waals surface area contributed by atoms with Crippen LogP contribution in [0.5, 0.6) is 0 Å². The van der Waals surface area contributed by atoms with E-state index in [-0.39, 0.29) is 0 Å². The Morgan fingerprint density at radius 2 is 1.68 bits per heavy atom. The van der Waals surface area contributed by atoms with Crippen LogP contribution in [-0.4, -0.2) is 9.55 Å². The molecule has 0 aliphatic heterocycles. The second kappa shape index (κ2) is 5.08. The molecular formula is C16H15N3. The Labute approximate surface area is 112 Å². The quantitative estimate of drug-likeness (QED) is 0.775. The SMILES string of the molecule is NCc1ccccc1-n1ccnc1-c1ccccc1. The number of benzene rings is 2. The van der Waals surface area contributed by atoms with Gasteiger partial charge in [-0.3, -0.25) is 4.57 Å². The lowest BCUT2D eigenvalue weighted by Crippen LogP contribution is -2.04. The Hall–Kier alpha value is -2.39. The average molecular weight is 249 g/mol. The van der Waals surface area contributed by atoms with Gasteiger partial charge in [0, 0.05) is 24.5 Å². The number of rotatable bonds is 3. The molecule has 2 N–H and O–H groups in total. The van der Waals surface area contributed by atoms with Crippen molar-refractivity contribution in [2.45, 2.75) is 6.54 Å². The smallest absolute Gasteiger partial charge is 0.144 e. The van der Waals surface area contributed by atoms with E-state index < -0.39 is 0 Å². The normalized spacial score (nSPS) is 10.6. The van der Waals surface area contributed by atoms with Crippen molar-refractivity contribution < 1.29 is 0 Å².